The molecule has 2 saturated heterocycles. The van der Waals surface area contributed by atoms with Gasteiger partial charge in [0.1, 0.15) is 0 Å². The normalized spacial score (nSPS) is 43.0. The lowest BCUT2D eigenvalue weighted by molar-refractivity contribution is -0.184. The van der Waals surface area contributed by atoms with Gasteiger partial charge in [-0.2, -0.15) is 0 Å². The highest BCUT2D eigenvalue weighted by Crippen LogP contribution is 2.65. The molecule has 0 amide bonds. The molecule has 0 aromatic heterocycles. The van der Waals surface area contributed by atoms with E-state index < -0.39 is 5.79 Å². The van der Waals surface area contributed by atoms with Crippen molar-refractivity contribution in [2.75, 3.05) is 40.0 Å². The van der Waals surface area contributed by atoms with Crippen molar-refractivity contribution in [1.29, 1.82) is 0 Å². The van der Waals surface area contributed by atoms with E-state index in [0.717, 1.165) is 32.4 Å². The minimum atomic E-state index is -0.402. The number of ether oxygens (including phenoxy) is 2. The average Bonchev–Trinajstić information content (AvgIpc) is 3.37. The van der Waals surface area contributed by atoms with E-state index in [1.165, 1.54) is 24.8 Å². The number of nitrogens with zero attached hydrogens (tertiary/aromatic N) is 1. The van der Waals surface area contributed by atoms with Gasteiger partial charge in [0.15, 0.2) is 5.79 Å². The van der Waals surface area contributed by atoms with Crippen LogP contribution in [0.3, 0.4) is 0 Å². The maximum absolute atomic E-state index is 9.67. The Morgan fingerprint density at radius 3 is 2.72 bits per heavy atom. The standard InChI is InChI=1S/C23H37BINO5S/c1-21-7-8-23(29-12-13-30-23)15-16(21)14-19(32-31-24(25)28-3)20-17(21)4-6-22(2)18(20)5-9-26(22)10-11-27/h14,17-20,27H,4-13,15H2,1-3H3. The molecule has 5 rings (SSSR count). The number of halogens is 1. The van der Waals surface area contributed by atoms with Crippen LogP contribution in [-0.4, -0.2) is 71.6 Å². The van der Waals surface area contributed by atoms with Gasteiger partial charge in [0, 0.05) is 32.0 Å². The van der Waals surface area contributed by atoms with Crippen LogP contribution in [0.2, 0.25) is 0 Å². The van der Waals surface area contributed by atoms with Crippen molar-refractivity contribution in [2.45, 2.75) is 68.9 Å². The molecule has 1 N–H and O–H groups in total. The van der Waals surface area contributed by atoms with Crippen LogP contribution >= 0.6 is 34.4 Å². The van der Waals surface area contributed by atoms with E-state index in [-0.39, 0.29) is 22.5 Å². The van der Waals surface area contributed by atoms with Gasteiger partial charge < -0.3 is 23.3 Å². The highest BCUT2D eigenvalue weighted by Gasteiger charge is 2.62. The van der Waals surface area contributed by atoms with Crippen LogP contribution in [0, 0.1) is 23.2 Å². The average molecular weight is 577 g/mol. The fourth-order valence-corrected chi connectivity index (χ4v) is 9.19. The molecule has 6 unspecified atom stereocenters. The Balaban J connectivity index is 1.48. The van der Waals surface area contributed by atoms with Gasteiger partial charge in [0.25, 0.3) is 0 Å². The molecule has 32 heavy (non-hydrogen) atoms. The third kappa shape index (κ3) is 3.94. The molecular weight excluding hydrogens is 540 g/mol. The first kappa shape index (κ1) is 24.3. The second-order valence-electron chi connectivity index (χ2n) is 10.7. The minimum Gasteiger partial charge on any atom is -0.405 e. The summed E-state index contributed by atoms with van der Waals surface area (Å²) in [4.78, 5) is 2.30. The van der Waals surface area contributed by atoms with E-state index in [1.807, 2.05) is 0 Å². The summed E-state index contributed by atoms with van der Waals surface area (Å²) in [6.45, 7) is 8.51. The van der Waals surface area contributed by atoms with Crippen molar-refractivity contribution >= 4 is 39.4 Å². The van der Waals surface area contributed by atoms with Crippen molar-refractivity contribution in [3.05, 3.63) is 11.6 Å². The third-order valence-corrected chi connectivity index (χ3v) is 11.6. The summed E-state index contributed by atoms with van der Waals surface area (Å²) in [6.07, 6.45) is 9.20. The van der Waals surface area contributed by atoms with Gasteiger partial charge in [0.2, 0.25) is 0 Å². The first-order chi connectivity index (χ1) is 15.4. The molecular formula is C23H37BINO5S. The molecule has 4 fully saturated rings. The summed E-state index contributed by atoms with van der Waals surface area (Å²) >= 11 is 3.81. The van der Waals surface area contributed by atoms with Crippen LogP contribution in [-0.2, 0) is 18.2 Å². The van der Waals surface area contributed by atoms with E-state index in [1.54, 1.807) is 19.2 Å². The maximum Gasteiger partial charge on any atom is 0.543 e. The molecule has 3 aliphatic carbocycles. The van der Waals surface area contributed by atoms with Crippen molar-refractivity contribution in [1.82, 2.24) is 4.90 Å². The highest BCUT2D eigenvalue weighted by molar-refractivity contribution is 14.1. The first-order valence-electron chi connectivity index (χ1n) is 12.2. The van der Waals surface area contributed by atoms with Crippen LogP contribution in [0.1, 0.15) is 52.4 Å². The third-order valence-electron chi connectivity index (χ3n) is 9.51. The Morgan fingerprint density at radius 2 is 2.00 bits per heavy atom. The SMILES string of the molecule is COB(I)OSC1C=C2CC3(CCC2(C)C2CCC4(C)C(CCN4CCO)C12)OCCO3. The van der Waals surface area contributed by atoms with E-state index in [0.29, 0.717) is 36.2 Å². The summed E-state index contributed by atoms with van der Waals surface area (Å²) in [7, 11) is 1.69. The summed E-state index contributed by atoms with van der Waals surface area (Å²) in [5.41, 5.74) is 1.89. The first-order valence-corrected chi connectivity index (χ1v) is 14.2. The zero-order valence-corrected chi connectivity index (χ0v) is 22.5. The molecule has 6 nitrogen and oxygen atoms in total. The quantitative estimate of drug-likeness (QED) is 0.221. The number of hydrogen-bond acceptors (Lipinski definition) is 7. The second kappa shape index (κ2) is 9.26. The molecule has 2 saturated carbocycles. The van der Waals surface area contributed by atoms with Crippen LogP contribution in [0.4, 0.5) is 0 Å². The predicted molar refractivity (Wildman–Crippen MR) is 135 cm³/mol. The lowest BCUT2D eigenvalue weighted by atomic mass is 9.48. The van der Waals surface area contributed by atoms with Gasteiger partial charge in [0.05, 0.1) is 25.1 Å². The molecule has 9 heteroatoms. The molecule has 2 aliphatic heterocycles. The minimum absolute atomic E-state index is 0.170. The summed E-state index contributed by atoms with van der Waals surface area (Å²) in [5, 5.41) is 9.97. The lowest BCUT2D eigenvalue weighted by Crippen LogP contribution is -2.59. The number of aliphatic hydroxyl groups excluding tert-OH is 1. The molecule has 0 radical (unpaired) electrons. The van der Waals surface area contributed by atoms with E-state index in [4.69, 9.17) is 18.2 Å². The van der Waals surface area contributed by atoms with Crippen LogP contribution in [0.5, 0.6) is 0 Å². The van der Waals surface area contributed by atoms with Gasteiger partial charge in [-0.25, -0.2) is 0 Å². The predicted octanol–water partition coefficient (Wildman–Crippen LogP) is 4.06. The highest BCUT2D eigenvalue weighted by atomic mass is 127. The molecule has 0 bridgehead atoms. The Labute approximate surface area is 210 Å². The zero-order valence-electron chi connectivity index (χ0n) is 19.6. The Hall–Kier alpha value is 0.645. The monoisotopic (exact) mass is 577 g/mol. The molecule has 0 aromatic rings. The summed E-state index contributed by atoms with van der Waals surface area (Å²) in [5.74, 6) is 1.43. The van der Waals surface area contributed by atoms with E-state index >= 15 is 0 Å². The molecule has 6 atom stereocenters. The number of likely N-dealkylation sites (tertiary alicyclic amines) is 1. The summed E-state index contributed by atoms with van der Waals surface area (Å²) in [6, 6.07) is 0. The van der Waals surface area contributed by atoms with Gasteiger partial charge in [-0.3, -0.25) is 4.90 Å². The Morgan fingerprint density at radius 1 is 1.22 bits per heavy atom. The smallest absolute Gasteiger partial charge is 0.405 e. The molecule has 1 spiro atoms. The molecule has 5 aliphatic rings. The fraction of sp³-hybridized carbons (Fsp3) is 0.913. The number of fused-ring (bicyclic) bond motifs is 5. The van der Waals surface area contributed by atoms with Gasteiger partial charge >= 0.3 is 4.97 Å². The van der Waals surface area contributed by atoms with E-state index in [2.05, 4.69) is 47.2 Å². The lowest BCUT2D eigenvalue weighted by Gasteiger charge is -2.60. The van der Waals surface area contributed by atoms with Gasteiger partial charge in [-0.15, -0.1) is 0 Å². The Kier molecular flexibility index (Phi) is 7.05. The maximum atomic E-state index is 9.67. The number of β-amino-alcohol motifs (C(OH)–C–C–N with tert-alkyl or cyclic N) is 1. The molecule has 2 heterocycles. The van der Waals surface area contributed by atoms with Crippen LogP contribution in [0.15, 0.2) is 11.6 Å². The Bertz CT molecular complexity index is 739. The molecule has 0 aromatic carbocycles. The number of aliphatic hydroxyl groups is 1. The number of rotatable bonds is 6. The van der Waals surface area contributed by atoms with E-state index in [9.17, 15) is 5.11 Å². The van der Waals surface area contributed by atoms with Crippen LogP contribution < -0.4 is 0 Å². The van der Waals surface area contributed by atoms with Crippen molar-refractivity contribution < 1.29 is 23.3 Å². The fourth-order valence-electron chi connectivity index (χ4n) is 7.81. The second-order valence-corrected chi connectivity index (χ2v) is 12.7. The van der Waals surface area contributed by atoms with Crippen molar-refractivity contribution in [3.8, 4) is 0 Å². The van der Waals surface area contributed by atoms with Crippen molar-refractivity contribution in [2.24, 2.45) is 23.2 Å². The molecule has 180 valence electrons. The topological polar surface area (TPSA) is 60.4 Å². The summed E-state index contributed by atoms with van der Waals surface area (Å²) < 4.78 is 23.7. The van der Waals surface area contributed by atoms with Crippen LogP contribution in [0.25, 0.3) is 0 Å². The van der Waals surface area contributed by atoms with Gasteiger partial charge in [-0.05, 0) is 74.4 Å². The number of hydrogen-bond donors (Lipinski definition) is 1. The zero-order chi connectivity index (χ0) is 22.6. The largest absolute Gasteiger partial charge is 0.543 e. The van der Waals surface area contributed by atoms with Gasteiger partial charge in [-0.1, -0.05) is 40.9 Å². The van der Waals surface area contributed by atoms with Crippen molar-refractivity contribution in [3.63, 3.8) is 0 Å².